The Labute approximate surface area is 129 Å². The van der Waals surface area contributed by atoms with Crippen LogP contribution < -0.4 is 10.6 Å². The number of hydrogen-bond donors (Lipinski definition) is 2. The van der Waals surface area contributed by atoms with Crippen molar-refractivity contribution in [2.75, 3.05) is 24.7 Å². The molecule has 4 heteroatoms. The fraction of sp³-hybridized carbons (Fsp3) is 0.375. The summed E-state index contributed by atoms with van der Waals surface area (Å²) in [5.74, 6) is 0. The summed E-state index contributed by atoms with van der Waals surface area (Å²) in [6.07, 6.45) is 5.44. The van der Waals surface area contributed by atoms with Crippen molar-refractivity contribution >= 4 is 34.6 Å². The van der Waals surface area contributed by atoms with Gasteiger partial charge in [-0.2, -0.15) is 0 Å². The van der Waals surface area contributed by atoms with Crippen molar-refractivity contribution in [3.8, 4) is 0 Å². The second-order valence-corrected chi connectivity index (χ2v) is 6.40. The molecule has 2 aliphatic heterocycles. The number of allylic oxidation sites excluding steroid dienone is 1. The van der Waals surface area contributed by atoms with Crippen molar-refractivity contribution in [3.63, 3.8) is 0 Å². The van der Waals surface area contributed by atoms with Crippen LogP contribution in [0, 0.1) is 0 Å². The third kappa shape index (κ3) is 2.39. The number of halogens is 1. The summed E-state index contributed by atoms with van der Waals surface area (Å²) in [6.45, 7) is 4.05. The molecule has 0 saturated heterocycles. The van der Waals surface area contributed by atoms with Crippen molar-refractivity contribution < 1.29 is 0 Å². The van der Waals surface area contributed by atoms with Crippen LogP contribution >= 0.6 is 23.4 Å². The molecule has 3 rings (SSSR count). The molecule has 0 bridgehead atoms. The van der Waals surface area contributed by atoms with Crippen LogP contribution in [0.25, 0.3) is 5.57 Å². The molecule has 2 aliphatic rings. The van der Waals surface area contributed by atoms with Crippen LogP contribution in [-0.4, -0.2) is 25.4 Å². The van der Waals surface area contributed by atoms with Crippen LogP contribution in [-0.2, 0) is 0 Å². The average molecular weight is 307 g/mol. The highest BCUT2D eigenvalue weighted by Crippen LogP contribution is 2.39. The van der Waals surface area contributed by atoms with E-state index < -0.39 is 0 Å². The van der Waals surface area contributed by atoms with Crippen molar-refractivity contribution in [3.05, 3.63) is 45.3 Å². The smallest absolute Gasteiger partial charge is 0.0615 e. The molecular formula is C16H19ClN2S. The molecule has 2 nitrogen and oxygen atoms in total. The van der Waals surface area contributed by atoms with Gasteiger partial charge in [-0.05, 0) is 48.9 Å². The SMILES string of the molecule is C/C=C(\SC)C1NCCC2=C1CNc1ccc(Cl)cc12. The highest BCUT2D eigenvalue weighted by atomic mass is 35.5. The van der Waals surface area contributed by atoms with Crippen molar-refractivity contribution in [2.45, 2.75) is 19.4 Å². The lowest BCUT2D eigenvalue weighted by Crippen LogP contribution is -2.40. The molecule has 0 amide bonds. The molecule has 20 heavy (non-hydrogen) atoms. The van der Waals surface area contributed by atoms with Crippen molar-refractivity contribution in [2.24, 2.45) is 0 Å². The number of thioether (sulfide) groups is 1. The van der Waals surface area contributed by atoms with Gasteiger partial charge in [0.2, 0.25) is 0 Å². The molecule has 0 aromatic heterocycles. The second kappa shape index (κ2) is 5.84. The van der Waals surface area contributed by atoms with Crippen molar-refractivity contribution in [1.82, 2.24) is 5.32 Å². The van der Waals surface area contributed by atoms with Gasteiger partial charge in [-0.25, -0.2) is 0 Å². The first kappa shape index (κ1) is 14.1. The van der Waals surface area contributed by atoms with Crippen LogP contribution in [0.4, 0.5) is 5.69 Å². The van der Waals surface area contributed by atoms with E-state index in [9.17, 15) is 0 Å². The summed E-state index contributed by atoms with van der Waals surface area (Å²) in [7, 11) is 0. The zero-order valence-corrected chi connectivity index (χ0v) is 13.4. The quantitative estimate of drug-likeness (QED) is 0.858. The Hall–Kier alpha value is -0.900. The first-order chi connectivity index (χ1) is 9.74. The van der Waals surface area contributed by atoms with E-state index in [1.807, 2.05) is 17.8 Å². The fourth-order valence-corrected chi connectivity index (χ4v) is 3.97. The lowest BCUT2D eigenvalue weighted by atomic mass is 9.86. The summed E-state index contributed by atoms with van der Waals surface area (Å²) in [5.41, 5.74) is 5.42. The Morgan fingerprint density at radius 1 is 1.45 bits per heavy atom. The van der Waals surface area contributed by atoms with E-state index in [2.05, 4.69) is 42.0 Å². The topological polar surface area (TPSA) is 24.1 Å². The normalized spacial score (nSPS) is 22.1. The van der Waals surface area contributed by atoms with Gasteiger partial charge in [-0.3, -0.25) is 0 Å². The minimum absolute atomic E-state index is 0.346. The van der Waals surface area contributed by atoms with Gasteiger partial charge in [-0.15, -0.1) is 11.8 Å². The predicted octanol–water partition coefficient (Wildman–Crippen LogP) is 4.15. The lowest BCUT2D eigenvalue weighted by molar-refractivity contribution is 0.619. The molecule has 1 aromatic rings. The van der Waals surface area contributed by atoms with Crippen LogP contribution in [0.1, 0.15) is 18.9 Å². The maximum absolute atomic E-state index is 6.18. The highest BCUT2D eigenvalue weighted by Gasteiger charge is 2.29. The minimum atomic E-state index is 0.346. The van der Waals surface area contributed by atoms with E-state index in [4.69, 9.17) is 11.6 Å². The Morgan fingerprint density at radius 3 is 3.05 bits per heavy atom. The monoisotopic (exact) mass is 306 g/mol. The Morgan fingerprint density at radius 2 is 2.30 bits per heavy atom. The van der Waals surface area contributed by atoms with Gasteiger partial charge >= 0.3 is 0 Å². The standard InChI is InChI=1S/C16H19ClN2S/c1-3-15(20-2)16-13-9-19-14-5-4-10(17)8-12(14)11(13)6-7-18-16/h3-5,8,16,18-19H,6-7,9H2,1-2H3/b15-3-. The molecule has 1 aromatic carbocycles. The number of nitrogens with one attached hydrogen (secondary N) is 2. The number of rotatable bonds is 2. The third-order valence-electron chi connectivity index (χ3n) is 4.04. The largest absolute Gasteiger partial charge is 0.381 e. The van der Waals surface area contributed by atoms with E-state index in [1.165, 1.54) is 27.3 Å². The van der Waals surface area contributed by atoms with E-state index in [1.54, 1.807) is 0 Å². The van der Waals surface area contributed by atoms with E-state index in [-0.39, 0.29) is 0 Å². The molecule has 1 unspecified atom stereocenters. The maximum atomic E-state index is 6.18. The highest BCUT2D eigenvalue weighted by molar-refractivity contribution is 8.02. The first-order valence-electron chi connectivity index (χ1n) is 6.94. The summed E-state index contributed by atoms with van der Waals surface area (Å²) in [4.78, 5) is 1.39. The molecule has 2 heterocycles. The first-order valence-corrected chi connectivity index (χ1v) is 8.54. The summed E-state index contributed by atoms with van der Waals surface area (Å²) in [6, 6.07) is 6.48. The number of benzene rings is 1. The Kier molecular flexibility index (Phi) is 4.11. The molecule has 1 atom stereocenters. The molecule has 0 aliphatic carbocycles. The molecule has 0 spiro atoms. The van der Waals surface area contributed by atoms with E-state index in [0.29, 0.717) is 6.04 Å². The van der Waals surface area contributed by atoms with Crippen LogP contribution in [0.3, 0.4) is 0 Å². The van der Waals surface area contributed by atoms with Crippen molar-refractivity contribution in [1.29, 1.82) is 0 Å². The molecule has 0 radical (unpaired) electrons. The van der Waals surface area contributed by atoms with Gasteiger partial charge in [0, 0.05) is 34.3 Å². The second-order valence-electron chi connectivity index (χ2n) is 5.08. The Balaban J connectivity index is 2.08. The number of hydrogen-bond acceptors (Lipinski definition) is 3. The van der Waals surface area contributed by atoms with Gasteiger partial charge < -0.3 is 10.6 Å². The van der Waals surface area contributed by atoms with E-state index in [0.717, 1.165) is 24.5 Å². The van der Waals surface area contributed by atoms with Crippen LogP contribution in [0.5, 0.6) is 0 Å². The minimum Gasteiger partial charge on any atom is -0.381 e. The molecule has 0 saturated carbocycles. The molecule has 106 valence electrons. The zero-order valence-electron chi connectivity index (χ0n) is 11.8. The number of anilines is 1. The maximum Gasteiger partial charge on any atom is 0.0615 e. The average Bonchev–Trinajstić information content (AvgIpc) is 2.48. The summed E-state index contributed by atoms with van der Waals surface area (Å²) >= 11 is 8.01. The van der Waals surface area contributed by atoms with Gasteiger partial charge in [0.15, 0.2) is 0 Å². The predicted molar refractivity (Wildman–Crippen MR) is 90.5 cm³/mol. The molecular weight excluding hydrogens is 288 g/mol. The summed E-state index contributed by atoms with van der Waals surface area (Å²) in [5, 5.41) is 7.99. The zero-order chi connectivity index (χ0) is 14.1. The van der Waals surface area contributed by atoms with Crippen LogP contribution in [0.15, 0.2) is 34.8 Å². The van der Waals surface area contributed by atoms with Crippen LogP contribution in [0.2, 0.25) is 5.02 Å². The fourth-order valence-electron chi connectivity index (χ4n) is 3.10. The summed E-state index contributed by atoms with van der Waals surface area (Å²) < 4.78 is 0. The third-order valence-corrected chi connectivity index (χ3v) is 5.22. The number of fused-ring (bicyclic) bond motifs is 2. The van der Waals surface area contributed by atoms with Gasteiger partial charge in [-0.1, -0.05) is 17.7 Å². The van der Waals surface area contributed by atoms with Gasteiger partial charge in [0.05, 0.1) is 6.04 Å². The Bertz CT molecular complexity index is 592. The van der Waals surface area contributed by atoms with Gasteiger partial charge in [0.1, 0.15) is 0 Å². The van der Waals surface area contributed by atoms with Gasteiger partial charge in [0.25, 0.3) is 0 Å². The van der Waals surface area contributed by atoms with E-state index >= 15 is 0 Å². The molecule has 2 N–H and O–H groups in total. The molecule has 0 fully saturated rings. The lowest BCUT2D eigenvalue weighted by Gasteiger charge is -2.35.